The Kier molecular flexibility index (Phi) is 3.11. The van der Waals surface area contributed by atoms with Crippen molar-refractivity contribution in [1.29, 1.82) is 0 Å². The van der Waals surface area contributed by atoms with Gasteiger partial charge in [0.05, 0.1) is 6.10 Å². The molecule has 1 aromatic rings. The van der Waals surface area contributed by atoms with Crippen LogP contribution in [0.25, 0.3) is 0 Å². The highest BCUT2D eigenvalue weighted by Gasteiger charge is 2.24. The number of nitrogens with zero attached hydrogens (tertiary/aromatic N) is 2. The molecule has 0 bridgehead atoms. The molecule has 88 valence electrons. The molecule has 0 aliphatic carbocycles. The molecule has 1 amide bonds. The number of amides is 1. The first-order valence-electron chi connectivity index (χ1n) is 5.18. The summed E-state index contributed by atoms with van der Waals surface area (Å²) in [5.41, 5.74) is 0.808. The monoisotopic (exact) mass is 242 g/mol. The highest BCUT2D eigenvalue weighted by molar-refractivity contribution is 7.07. The molecule has 1 saturated heterocycles. The quantitative estimate of drug-likeness (QED) is 0.782. The van der Waals surface area contributed by atoms with Crippen molar-refractivity contribution >= 4 is 17.2 Å². The van der Waals surface area contributed by atoms with E-state index in [0.29, 0.717) is 19.5 Å². The molecular formula is C10H14N2O3S. The fraction of sp³-hybridized carbons (Fsp3) is 0.600. The maximum absolute atomic E-state index is 11.8. The third-order valence-corrected chi connectivity index (χ3v) is 3.67. The molecule has 0 aromatic carbocycles. The van der Waals surface area contributed by atoms with Crippen LogP contribution in [-0.2, 0) is 11.3 Å². The van der Waals surface area contributed by atoms with Gasteiger partial charge in [0, 0.05) is 24.2 Å². The van der Waals surface area contributed by atoms with Crippen LogP contribution in [0.2, 0.25) is 0 Å². The first-order valence-corrected chi connectivity index (χ1v) is 6.06. The first-order chi connectivity index (χ1) is 7.58. The number of aryl methyl sites for hydroxylation is 1. The fourth-order valence-electron chi connectivity index (χ4n) is 1.80. The normalized spacial score (nSPS) is 20.4. The molecule has 1 fully saturated rings. The molecule has 2 heterocycles. The molecule has 16 heavy (non-hydrogen) atoms. The molecule has 1 aromatic heterocycles. The van der Waals surface area contributed by atoms with E-state index in [4.69, 9.17) is 0 Å². The molecule has 1 N–H and O–H groups in total. The molecule has 0 unspecified atom stereocenters. The van der Waals surface area contributed by atoms with E-state index in [-0.39, 0.29) is 17.3 Å². The largest absolute Gasteiger partial charge is 0.391 e. The number of rotatable bonds is 2. The number of hydrogen-bond donors (Lipinski definition) is 1. The van der Waals surface area contributed by atoms with E-state index in [1.165, 1.54) is 4.57 Å². The van der Waals surface area contributed by atoms with E-state index in [2.05, 4.69) is 0 Å². The zero-order chi connectivity index (χ0) is 11.7. The number of likely N-dealkylation sites (tertiary alicyclic amines) is 1. The number of carbonyl (C=O) groups is 1. The Morgan fingerprint density at radius 2 is 2.44 bits per heavy atom. The van der Waals surface area contributed by atoms with E-state index >= 15 is 0 Å². The molecule has 6 heteroatoms. The minimum atomic E-state index is -0.413. The zero-order valence-corrected chi connectivity index (χ0v) is 9.87. The Balaban J connectivity index is 2.05. The van der Waals surface area contributed by atoms with E-state index in [1.807, 2.05) is 6.92 Å². The second kappa shape index (κ2) is 4.39. The van der Waals surface area contributed by atoms with Gasteiger partial charge in [-0.1, -0.05) is 11.3 Å². The van der Waals surface area contributed by atoms with Crippen molar-refractivity contribution in [3.63, 3.8) is 0 Å². The van der Waals surface area contributed by atoms with Gasteiger partial charge in [0.25, 0.3) is 0 Å². The lowest BCUT2D eigenvalue weighted by Crippen LogP contribution is -2.34. The topological polar surface area (TPSA) is 62.5 Å². The number of aromatic nitrogens is 1. The van der Waals surface area contributed by atoms with Gasteiger partial charge in [-0.3, -0.25) is 14.2 Å². The summed E-state index contributed by atoms with van der Waals surface area (Å²) in [6.45, 7) is 2.86. The van der Waals surface area contributed by atoms with Crippen molar-refractivity contribution in [3.8, 4) is 0 Å². The predicted octanol–water partition coefficient (Wildman–Crippen LogP) is -0.189. The van der Waals surface area contributed by atoms with Crippen LogP contribution in [0.15, 0.2) is 10.2 Å². The van der Waals surface area contributed by atoms with Crippen LogP contribution in [0.5, 0.6) is 0 Å². The van der Waals surface area contributed by atoms with Crippen LogP contribution in [0.3, 0.4) is 0 Å². The molecule has 1 aliphatic rings. The van der Waals surface area contributed by atoms with Gasteiger partial charge in [0.2, 0.25) is 5.91 Å². The average molecular weight is 242 g/mol. The summed E-state index contributed by atoms with van der Waals surface area (Å²) in [5, 5.41) is 11.1. The number of carbonyl (C=O) groups excluding carboxylic acids is 1. The summed E-state index contributed by atoms with van der Waals surface area (Å²) in [6, 6.07) is 0. The third kappa shape index (κ3) is 2.17. The molecule has 1 atom stereocenters. The summed E-state index contributed by atoms with van der Waals surface area (Å²) >= 11 is 1.10. The zero-order valence-electron chi connectivity index (χ0n) is 9.05. The van der Waals surface area contributed by atoms with Crippen LogP contribution in [0.4, 0.5) is 0 Å². The minimum Gasteiger partial charge on any atom is -0.391 e. The lowest BCUT2D eigenvalue weighted by atomic mass is 10.3. The van der Waals surface area contributed by atoms with Crippen molar-refractivity contribution in [2.24, 2.45) is 0 Å². The molecule has 0 radical (unpaired) electrons. The smallest absolute Gasteiger partial charge is 0.307 e. The molecule has 5 nitrogen and oxygen atoms in total. The summed E-state index contributed by atoms with van der Waals surface area (Å²) in [5.74, 6) is -0.0971. The Labute approximate surface area is 96.9 Å². The minimum absolute atomic E-state index is 0.0842. The summed E-state index contributed by atoms with van der Waals surface area (Å²) in [6.07, 6.45) is 0.215. The maximum Gasteiger partial charge on any atom is 0.307 e. The van der Waals surface area contributed by atoms with E-state index in [9.17, 15) is 14.7 Å². The first kappa shape index (κ1) is 11.3. The third-order valence-electron chi connectivity index (χ3n) is 2.79. The van der Waals surface area contributed by atoms with Crippen LogP contribution in [-0.4, -0.2) is 39.7 Å². The number of hydrogen-bond acceptors (Lipinski definition) is 4. The van der Waals surface area contributed by atoms with Crippen LogP contribution in [0.1, 0.15) is 12.1 Å². The predicted molar refractivity (Wildman–Crippen MR) is 60.5 cm³/mol. The van der Waals surface area contributed by atoms with Gasteiger partial charge in [-0.05, 0) is 13.3 Å². The molecular weight excluding hydrogens is 228 g/mol. The van der Waals surface area contributed by atoms with Crippen molar-refractivity contribution in [3.05, 3.63) is 20.7 Å². The van der Waals surface area contributed by atoms with Crippen molar-refractivity contribution in [2.45, 2.75) is 26.0 Å². The molecule has 0 spiro atoms. The van der Waals surface area contributed by atoms with Crippen LogP contribution in [0, 0.1) is 6.92 Å². The number of aliphatic hydroxyl groups excluding tert-OH is 1. The van der Waals surface area contributed by atoms with E-state index < -0.39 is 6.10 Å². The SMILES string of the molecule is Cc1csc(=O)n1CC(=O)N1CC[C@H](O)C1. The van der Waals surface area contributed by atoms with Crippen molar-refractivity contribution in [1.82, 2.24) is 9.47 Å². The Morgan fingerprint density at radius 1 is 1.69 bits per heavy atom. The number of aliphatic hydroxyl groups is 1. The number of β-amino-alcohol motifs (C(OH)–C–C–N with tert-alkyl or cyclic N) is 1. The van der Waals surface area contributed by atoms with Gasteiger partial charge in [-0.2, -0.15) is 0 Å². The van der Waals surface area contributed by atoms with Gasteiger partial charge in [-0.15, -0.1) is 0 Å². The standard InChI is InChI=1S/C10H14N2O3S/c1-7-6-16-10(15)12(7)5-9(14)11-3-2-8(13)4-11/h6,8,13H,2-5H2,1H3/t8-/m0/s1. The van der Waals surface area contributed by atoms with E-state index in [0.717, 1.165) is 17.0 Å². The lowest BCUT2D eigenvalue weighted by Gasteiger charge is -2.15. The molecule has 2 rings (SSSR count). The maximum atomic E-state index is 11.8. The summed E-state index contributed by atoms with van der Waals surface area (Å²) in [7, 11) is 0. The highest BCUT2D eigenvalue weighted by Crippen LogP contribution is 2.10. The fourth-order valence-corrected chi connectivity index (χ4v) is 2.53. The average Bonchev–Trinajstić information content (AvgIpc) is 2.79. The van der Waals surface area contributed by atoms with Crippen LogP contribution >= 0.6 is 11.3 Å². The summed E-state index contributed by atoms with van der Waals surface area (Å²) < 4.78 is 1.47. The van der Waals surface area contributed by atoms with Crippen LogP contribution < -0.4 is 4.87 Å². The molecule has 1 aliphatic heterocycles. The second-order valence-corrected chi connectivity index (χ2v) is 4.83. The van der Waals surface area contributed by atoms with Gasteiger partial charge in [-0.25, -0.2) is 0 Å². The number of thiazole rings is 1. The second-order valence-electron chi connectivity index (χ2n) is 4.01. The van der Waals surface area contributed by atoms with Gasteiger partial charge < -0.3 is 10.0 Å². The van der Waals surface area contributed by atoms with Gasteiger partial charge >= 0.3 is 4.87 Å². The highest BCUT2D eigenvalue weighted by atomic mass is 32.1. The Bertz CT molecular complexity index is 451. The van der Waals surface area contributed by atoms with Crippen molar-refractivity contribution < 1.29 is 9.90 Å². The Hall–Kier alpha value is -1.14. The summed E-state index contributed by atoms with van der Waals surface area (Å²) in [4.78, 5) is 24.7. The Morgan fingerprint density at radius 3 is 2.94 bits per heavy atom. The molecule has 0 saturated carbocycles. The van der Waals surface area contributed by atoms with E-state index in [1.54, 1.807) is 10.3 Å². The van der Waals surface area contributed by atoms with Gasteiger partial charge in [0.15, 0.2) is 0 Å². The van der Waals surface area contributed by atoms with Crippen molar-refractivity contribution in [2.75, 3.05) is 13.1 Å². The van der Waals surface area contributed by atoms with Gasteiger partial charge in [0.1, 0.15) is 6.54 Å². The lowest BCUT2D eigenvalue weighted by molar-refractivity contribution is -0.131.